The van der Waals surface area contributed by atoms with Gasteiger partial charge in [-0.15, -0.1) is 0 Å². The van der Waals surface area contributed by atoms with Crippen LogP contribution in [-0.4, -0.2) is 55.5 Å². The van der Waals surface area contributed by atoms with Gasteiger partial charge < -0.3 is 19.7 Å². The SMILES string of the molecule is COc1ccc([C@]2(C)NC(=O)N(CC(=O)N(C)Cc3ccccc3OC)C2=O)cc1. The summed E-state index contributed by atoms with van der Waals surface area (Å²) in [6.07, 6.45) is 0. The van der Waals surface area contributed by atoms with Gasteiger partial charge in [-0.25, -0.2) is 4.79 Å². The van der Waals surface area contributed by atoms with E-state index < -0.39 is 17.5 Å². The minimum atomic E-state index is -1.25. The fourth-order valence-electron chi connectivity index (χ4n) is 3.39. The molecule has 1 aliphatic rings. The zero-order valence-electron chi connectivity index (χ0n) is 17.5. The fraction of sp³-hybridized carbons (Fsp3) is 0.318. The zero-order chi connectivity index (χ0) is 21.9. The minimum absolute atomic E-state index is 0.294. The monoisotopic (exact) mass is 411 g/mol. The van der Waals surface area contributed by atoms with Gasteiger partial charge in [0.15, 0.2) is 0 Å². The molecule has 0 unspecified atom stereocenters. The molecule has 8 nitrogen and oxygen atoms in total. The first-order valence-electron chi connectivity index (χ1n) is 9.44. The van der Waals surface area contributed by atoms with Crippen LogP contribution >= 0.6 is 0 Å². The number of nitrogens with one attached hydrogen (secondary N) is 1. The number of benzene rings is 2. The first-order valence-corrected chi connectivity index (χ1v) is 9.44. The van der Waals surface area contributed by atoms with Crippen LogP contribution in [0.25, 0.3) is 0 Å². The van der Waals surface area contributed by atoms with Crippen LogP contribution in [0, 0.1) is 0 Å². The summed E-state index contributed by atoms with van der Waals surface area (Å²) in [7, 11) is 4.73. The molecule has 30 heavy (non-hydrogen) atoms. The molecular weight excluding hydrogens is 386 g/mol. The Kier molecular flexibility index (Phi) is 5.96. The second kappa shape index (κ2) is 8.44. The number of rotatable bonds is 7. The Morgan fingerprint density at radius 2 is 1.73 bits per heavy atom. The number of urea groups is 1. The molecule has 1 heterocycles. The minimum Gasteiger partial charge on any atom is -0.497 e. The Labute approximate surface area is 175 Å². The zero-order valence-corrected chi connectivity index (χ0v) is 17.5. The lowest BCUT2D eigenvalue weighted by molar-refractivity contribution is -0.138. The summed E-state index contributed by atoms with van der Waals surface area (Å²) < 4.78 is 10.4. The predicted molar refractivity (Wildman–Crippen MR) is 110 cm³/mol. The molecule has 2 aromatic rings. The van der Waals surface area contributed by atoms with E-state index in [1.807, 2.05) is 24.3 Å². The summed E-state index contributed by atoms with van der Waals surface area (Å²) in [4.78, 5) is 40.7. The molecule has 4 amide bonds. The standard InChI is InChI=1S/C22H25N3O5/c1-22(16-9-11-17(29-3)12-10-16)20(27)25(21(28)23-22)14-19(26)24(2)13-15-7-5-6-8-18(15)30-4/h5-12H,13-14H2,1-4H3,(H,23,28)/t22-/m0/s1. The largest absolute Gasteiger partial charge is 0.497 e. The summed E-state index contributed by atoms with van der Waals surface area (Å²) in [5.74, 6) is 0.475. The van der Waals surface area contributed by atoms with Crippen molar-refractivity contribution in [1.29, 1.82) is 0 Å². The molecule has 0 saturated carbocycles. The van der Waals surface area contributed by atoms with E-state index in [0.29, 0.717) is 23.6 Å². The maximum atomic E-state index is 13.0. The van der Waals surface area contributed by atoms with Crippen LogP contribution in [0.3, 0.4) is 0 Å². The molecule has 1 saturated heterocycles. The van der Waals surface area contributed by atoms with Crippen LogP contribution in [0.2, 0.25) is 0 Å². The van der Waals surface area contributed by atoms with Crippen LogP contribution in [0.4, 0.5) is 4.79 Å². The van der Waals surface area contributed by atoms with Crippen LogP contribution < -0.4 is 14.8 Å². The van der Waals surface area contributed by atoms with Gasteiger partial charge in [-0.3, -0.25) is 14.5 Å². The Balaban J connectivity index is 1.72. The summed E-state index contributed by atoms with van der Waals surface area (Å²) >= 11 is 0. The van der Waals surface area contributed by atoms with E-state index in [-0.39, 0.29) is 12.5 Å². The van der Waals surface area contributed by atoms with Crippen LogP contribution in [0.5, 0.6) is 11.5 Å². The summed E-state index contributed by atoms with van der Waals surface area (Å²) in [5.41, 5.74) is 0.195. The van der Waals surface area contributed by atoms with E-state index in [2.05, 4.69) is 5.32 Å². The van der Waals surface area contributed by atoms with E-state index in [9.17, 15) is 14.4 Å². The number of imide groups is 1. The normalized spacial score (nSPS) is 18.2. The molecule has 0 aromatic heterocycles. The molecule has 2 aromatic carbocycles. The van der Waals surface area contributed by atoms with Crippen molar-refractivity contribution in [3.05, 3.63) is 59.7 Å². The highest BCUT2D eigenvalue weighted by molar-refractivity contribution is 6.09. The van der Waals surface area contributed by atoms with E-state index in [0.717, 1.165) is 10.5 Å². The maximum Gasteiger partial charge on any atom is 0.325 e. The number of nitrogens with zero attached hydrogens (tertiary/aromatic N) is 2. The maximum absolute atomic E-state index is 13.0. The molecule has 0 aliphatic carbocycles. The smallest absolute Gasteiger partial charge is 0.325 e. The highest BCUT2D eigenvalue weighted by atomic mass is 16.5. The first kappa shape index (κ1) is 21.2. The number of amides is 4. The Morgan fingerprint density at radius 3 is 2.37 bits per heavy atom. The average molecular weight is 411 g/mol. The molecule has 3 rings (SSSR count). The number of carbonyl (C=O) groups excluding carboxylic acids is 3. The predicted octanol–water partition coefficient (Wildman–Crippen LogP) is 2.13. The molecular formula is C22H25N3O5. The average Bonchev–Trinajstić information content (AvgIpc) is 2.97. The molecule has 0 bridgehead atoms. The first-order chi connectivity index (χ1) is 14.3. The van der Waals surface area contributed by atoms with Gasteiger partial charge in [-0.2, -0.15) is 0 Å². The van der Waals surface area contributed by atoms with E-state index in [4.69, 9.17) is 9.47 Å². The number of likely N-dealkylation sites (N-methyl/N-ethyl adjacent to an activating group) is 1. The third-order valence-electron chi connectivity index (χ3n) is 5.26. The molecule has 158 valence electrons. The van der Waals surface area contributed by atoms with Gasteiger partial charge in [0.2, 0.25) is 5.91 Å². The number of carbonyl (C=O) groups is 3. The van der Waals surface area contributed by atoms with Crippen molar-refractivity contribution < 1.29 is 23.9 Å². The molecule has 1 N–H and O–H groups in total. The van der Waals surface area contributed by atoms with Crippen molar-refractivity contribution in [2.75, 3.05) is 27.8 Å². The third kappa shape index (κ3) is 3.94. The van der Waals surface area contributed by atoms with E-state index >= 15 is 0 Å². The second-order valence-electron chi connectivity index (χ2n) is 7.24. The lowest BCUT2D eigenvalue weighted by Gasteiger charge is -2.23. The van der Waals surface area contributed by atoms with Crippen molar-refractivity contribution in [2.24, 2.45) is 0 Å². The van der Waals surface area contributed by atoms with Gasteiger partial charge in [-0.1, -0.05) is 30.3 Å². The number of methoxy groups -OCH3 is 2. The van der Waals surface area contributed by atoms with Gasteiger partial charge in [0, 0.05) is 19.2 Å². The molecule has 0 radical (unpaired) electrons. The van der Waals surface area contributed by atoms with Crippen molar-refractivity contribution in [3.8, 4) is 11.5 Å². The fourth-order valence-corrected chi connectivity index (χ4v) is 3.39. The topological polar surface area (TPSA) is 88.2 Å². The van der Waals surface area contributed by atoms with Gasteiger partial charge in [0.1, 0.15) is 23.6 Å². The van der Waals surface area contributed by atoms with E-state index in [1.165, 1.54) is 4.90 Å². The third-order valence-corrected chi connectivity index (χ3v) is 5.26. The van der Waals surface area contributed by atoms with Gasteiger partial charge in [0.25, 0.3) is 5.91 Å². The molecule has 1 aliphatic heterocycles. The van der Waals surface area contributed by atoms with Crippen molar-refractivity contribution in [1.82, 2.24) is 15.1 Å². The second-order valence-corrected chi connectivity index (χ2v) is 7.24. The van der Waals surface area contributed by atoms with Gasteiger partial charge in [-0.05, 0) is 30.7 Å². The van der Waals surface area contributed by atoms with Crippen LogP contribution in [-0.2, 0) is 21.7 Å². The molecule has 8 heteroatoms. The Hall–Kier alpha value is -3.55. The van der Waals surface area contributed by atoms with Crippen molar-refractivity contribution in [3.63, 3.8) is 0 Å². The highest BCUT2D eigenvalue weighted by Gasteiger charge is 2.49. The number of hydrogen-bond acceptors (Lipinski definition) is 5. The van der Waals surface area contributed by atoms with Crippen LogP contribution in [0.15, 0.2) is 48.5 Å². The summed E-state index contributed by atoms with van der Waals surface area (Å²) in [5, 5.41) is 2.70. The van der Waals surface area contributed by atoms with Gasteiger partial charge >= 0.3 is 6.03 Å². The number of ether oxygens (including phenoxy) is 2. The molecule has 1 atom stereocenters. The van der Waals surface area contributed by atoms with Crippen molar-refractivity contribution >= 4 is 17.8 Å². The Morgan fingerprint density at radius 1 is 1.07 bits per heavy atom. The highest BCUT2D eigenvalue weighted by Crippen LogP contribution is 2.30. The number of hydrogen-bond donors (Lipinski definition) is 1. The molecule has 1 fully saturated rings. The summed E-state index contributed by atoms with van der Waals surface area (Å²) in [6, 6.07) is 13.6. The van der Waals surface area contributed by atoms with Crippen molar-refractivity contribution in [2.45, 2.75) is 19.0 Å². The van der Waals surface area contributed by atoms with E-state index in [1.54, 1.807) is 52.5 Å². The molecule has 0 spiro atoms. The van der Waals surface area contributed by atoms with Gasteiger partial charge in [0.05, 0.1) is 14.2 Å². The number of para-hydroxylation sites is 1. The summed E-state index contributed by atoms with van der Waals surface area (Å²) in [6.45, 7) is 1.57. The quantitative estimate of drug-likeness (QED) is 0.705. The van der Waals surface area contributed by atoms with Crippen LogP contribution in [0.1, 0.15) is 18.1 Å². The Bertz CT molecular complexity index is 960. The lowest BCUT2D eigenvalue weighted by Crippen LogP contribution is -2.43. The lowest BCUT2D eigenvalue weighted by atomic mass is 9.92.